The number of nitrogens with one attached hydrogen (secondary N) is 1. The molecule has 3 N–H and O–H groups in total. The third kappa shape index (κ3) is 4.31. The van der Waals surface area contributed by atoms with E-state index in [0.717, 1.165) is 30.6 Å². The molecule has 0 aromatic rings. The molecule has 108 valence electrons. The molecular weight excluding hydrogens is 246 g/mol. The quantitative estimate of drug-likeness (QED) is 0.706. The summed E-state index contributed by atoms with van der Waals surface area (Å²) in [5, 5.41) is 2.74. The van der Waals surface area contributed by atoms with E-state index in [1.54, 1.807) is 0 Å². The minimum Gasteiger partial charge on any atom is -0.345 e. The van der Waals surface area contributed by atoms with Gasteiger partial charge in [0.1, 0.15) is 0 Å². The molecule has 0 aromatic heterocycles. The lowest BCUT2D eigenvalue weighted by molar-refractivity contribution is -0.152. The van der Waals surface area contributed by atoms with Gasteiger partial charge < -0.3 is 11.1 Å². The fourth-order valence-electron chi connectivity index (χ4n) is 2.41. The van der Waals surface area contributed by atoms with E-state index in [1.165, 1.54) is 6.92 Å². The van der Waals surface area contributed by atoms with Crippen LogP contribution >= 0.6 is 0 Å². The van der Waals surface area contributed by atoms with Gasteiger partial charge in [-0.05, 0) is 18.8 Å². The standard InChI is InChI=1S/C13H23N3O3/c1-9-5-3-4-6-11(9)15-12(18)13(19)16(8-7-14)10(2)17/h9,11H,3-8,14H2,1-2H3,(H,15,18). The number of hydrogen-bond acceptors (Lipinski definition) is 4. The number of hydrogen-bond donors (Lipinski definition) is 2. The highest BCUT2D eigenvalue weighted by molar-refractivity contribution is 6.37. The summed E-state index contributed by atoms with van der Waals surface area (Å²) in [6, 6.07) is 0.0249. The Morgan fingerprint density at radius 3 is 2.42 bits per heavy atom. The highest BCUT2D eigenvalue weighted by Crippen LogP contribution is 2.23. The summed E-state index contributed by atoms with van der Waals surface area (Å²) < 4.78 is 0. The van der Waals surface area contributed by atoms with Crippen molar-refractivity contribution in [3.05, 3.63) is 0 Å². The summed E-state index contributed by atoms with van der Waals surface area (Å²) in [6.45, 7) is 3.54. The smallest absolute Gasteiger partial charge is 0.318 e. The second-order valence-corrected chi connectivity index (χ2v) is 5.11. The molecule has 0 spiro atoms. The van der Waals surface area contributed by atoms with Crippen LogP contribution in [-0.4, -0.2) is 41.8 Å². The lowest BCUT2D eigenvalue weighted by Crippen LogP contribution is -2.51. The van der Waals surface area contributed by atoms with Crippen molar-refractivity contribution in [3.63, 3.8) is 0 Å². The second kappa shape index (κ2) is 7.23. The predicted molar refractivity (Wildman–Crippen MR) is 71.0 cm³/mol. The first-order valence-electron chi connectivity index (χ1n) is 6.80. The number of carbonyl (C=O) groups is 3. The van der Waals surface area contributed by atoms with E-state index in [2.05, 4.69) is 12.2 Å². The van der Waals surface area contributed by atoms with Crippen LogP contribution in [0.3, 0.4) is 0 Å². The van der Waals surface area contributed by atoms with E-state index in [1.807, 2.05) is 0 Å². The van der Waals surface area contributed by atoms with E-state index in [9.17, 15) is 14.4 Å². The monoisotopic (exact) mass is 269 g/mol. The van der Waals surface area contributed by atoms with Crippen molar-refractivity contribution in [2.75, 3.05) is 13.1 Å². The van der Waals surface area contributed by atoms with Crippen LogP contribution in [0.5, 0.6) is 0 Å². The number of rotatable bonds is 3. The molecule has 3 amide bonds. The normalized spacial score (nSPS) is 22.7. The molecule has 2 atom stereocenters. The van der Waals surface area contributed by atoms with E-state index < -0.39 is 17.7 Å². The predicted octanol–water partition coefficient (Wildman–Crippen LogP) is 0.0151. The molecule has 6 heteroatoms. The Kier molecular flexibility index (Phi) is 5.95. The van der Waals surface area contributed by atoms with Gasteiger partial charge in [-0.3, -0.25) is 19.3 Å². The van der Waals surface area contributed by atoms with Gasteiger partial charge >= 0.3 is 11.8 Å². The van der Waals surface area contributed by atoms with Gasteiger partial charge in [-0.25, -0.2) is 0 Å². The molecule has 1 aliphatic carbocycles. The van der Waals surface area contributed by atoms with Gasteiger partial charge in [0.25, 0.3) is 0 Å². The zero-order valence-corrected chi connectivity index (χ0v) is 11.6. The molecule has 0 saturated heterocycles. The SMILES string of the molecule is CC(=O)N(CCN)C(=O)C(=O)NC1CCCCC1C. The fourth-order valence-corrected chi connectivity index (χ4v) is 2.41. The molecule has 0 aromatic carbocycles. The molecule has 1 aliphatic rings. The van der Waals surface area contributed by atoms with Crippen LogP contribution in [0.15, 0.2) is 0 Å². The zero-order valence-electron chi connectivity index (χ0n) is 11.6. The van der Waals surface area contributed by atoms with Crippen molar-refractivity contribution in [2.24, 2.45) is 11.7 Å². The highest BCUT2D eigenvalue weighted by atomic mass is 16.2. The molecular formula is C13H23N3O3. The van der Waals surface area contributed by atoms with Crippen LogP contribution in [0.25, 0.3) is 0 Å². The maximum absolute atomic E-state index is 11.9. The molecule has 2 unspecified atom stereocenters. The van der Waals surface area contributed by atoms with Crippen molar-refractivity contribution in [1.82, 2.24) is 10.2 Å². The Balaban J connectivity index is 2.60. The first-order chi connectivity index (χ1) is 8.97. The summed E-state index contributed by atoms with van der Waals surface area (Å²) in [7, 11) is 0. The van der Waals surface area contributed by atoms with E-state index in [4.69, 9.17) is 5.73 Å². The summed E-state index contributed by atoms with van der Waals surface area (Å²) in [4.78, 5) is 36.0. The number of nitrogens with two attached hydrogens (primary N) is 1. The van der Waals surface area contributed by atoms with Crippen LogP contribution in [0.4, 0.5) is 0 Å². The van der Waals surface area contributed by atoms with Gasteiger partial charge in [0.05, 0.1) is 0 Å². The zero-order chi connectivity index (χ0) is 14.4. The first kappa shape index (κ1) is 15.6. The first-order valence-corrected chi connectivity index (χ1v) is 6.80. The van der Waals surface area contributed by atoms with Crippen molar-refractivity contribution in [3.8, 4) is 0 Å². The molecule has 0 bridgehead atoms. The molecule has 1 saturated carbocycles. The Bertz CT molecular complexity index is 357. The maximum atomic E-state index is 11.9. The van der Waals surface area contributed by atoms with Crippen molar-refractivity contribution in [2.45, 2.75) is 45.6 Å². The average molecular weight is 269 g/mol. The van der Waals surface area contributed by atoms with Gasteiger partial charge in [-0.15, -0.1) is 0 Å². The fraction of sp³-hybridized carbons (Fsp3) is 0.769. The van der Waals surface area contributed by atoms with Gasteiger partial charge in [0.15, 0.2) is 0 Å². The molecule has 1 rings (SSSR count). The van der Waals surface area contributed by atoms with Gasteiger partial charge in [-0.2, -0.15) is 0 Å². The molecule has 0 radical (unpaired) electrons. The Morgan fingerprint density at radius 1 is 1.26 bits per heavy atom. The lowest BCUT2D eigenvalue weighted by Gasteiger charge is -2.29. The lowest BCUT2D eigenvalue weighted by atomic mass is 9.86. The van der Waals surface area contributed by atoms with Crippen molar-refractivity contribution < 1.29 is 14.4 Å². The summed E-state index contributed by atoms with van der Waals surface area (Å²) >= 11 is 0. The molecule has 19 heavy (non-hydrogen) atoms. The second-order valence-electron chi connectivity index (χ2n) is 5.11. The third-order valence-electron chi connectivity index (χ3n) is 3.60. The molecule has 1 fully saturated rings. The molecule has 0 heterocycles. The Morgan fingerprint density at radius 2 is 1.89 bits per heavy atom. The largest absolute Gasteiger partial charge is 0.345 e. The molecule has 6 nitrogen and oxygen atoms in total. The van der Waals surface area contributed by atoms with E-state index in [0.29, 0.717) is 5.92 Å². The number of carbonyl (C=O) groups excluding carboxylic acids is 3. The van der Waals surface area contributed by atoms with Crippen LogP contribution in [0, 0.1) is 5.92 Å². The van der Waals surface area contributed by atoms with Crippen LogP contribution in [0.1, 0.15) is 39.5 Å². The van der Waals surface area contributed by atoms with Crippen LogP contribution < -0.4 is 11.1 Å². The van der Waals surface area contributed by atoms with Crippen molar-refractivity contribution >= 4 is 17.7 Å². The summed E-state index contributed by atoms with van der Waals surface area (Å²) in [5.41, 5.74) is 5.33. The average Bonchev–Trinajstić information content (AvgIpc) is 2.37. The topological polar surface area (TPSA) is 92.5 Å². The Hall–Kier alpha value is -1.43. The van der Waals surface area contributed by atoms with Crippen LogP contribution in [0.2, 0.25) is 0 Å². The molecule has 0 aliphatic heterocycles. The maximum Gasteiger partial charge on any atom is 0.318 e. The van der Waals surface area contributed by atoms with Crippen molar-refractivity contribution in [1.29, 1.82) is 0 Å². The van der Waals surface area contributed by atoms with Crippen LogP contribution in [-0.2, 0) is 14.4 Å². The highest BCUT2D eigenvalue weighted by Gasteiger charge is 2.29. The number of nitrogens with zero attached hydrogens (tertiary/aromatic N) is 1. The summed E-state index contributed by atoms with van der Waals surface area (Å²) in [6.07, 6.45) is 4.16. The minimum atomic E-state index is -0.810. The van der Waals surface area contributed by atoms with Gasteiger partial charge in [-0.1, -0.05) is 19.8 Å². The van der Waals surface area contributed by atoms with Gasteiger partial charge in [0, 0.05) is 26.1 Å². The minimum absolute atomic E-state index is 0.0249. The third-order valence-corrected chi connectivity index (χ3v) is 3.60. The number of imide groups is 1. The van der Waals surface area contributed by atoms with Gasteiger partial charge in [0.2, 0.25) is 5.91 Å². The number of amides is 3. The Labute approximate surface area is 113 Å². The van der Waals surface area contributed by atoms with E-state index in [-0.39, 0.29) is 19.1 Å². The summed E-state index contributed by atoms with van der Waals surface area (Å²) in [5.74, 6) is -1.61. The van der Waals surface area contributed by atoms with E-state index >= 15 is 0 Å².